The van der Waals surface area contributed by atoms with Crippen molar-refractivity contribution in [1.82, 2.24) is 10.6 Å². The molecule has 18 heteroatoms. The van der Waals surface area contributed by atoms with Crippen LogP contribution < -0.4 is 20.8 Å². The number of carboxylic acid groups (broad SMARTS) is 2. The van der Waals surface area contributed by atoms with Crippen molar-refractivity contribution in [3.8, 4) is 0 Å². The number of unbranched alkanes of at least 4 members (excludes halogenated alkanes) is 18. The Morgan fingerprint density at radius 3 is 0.879 bits per heavy atom. The molecule has 0 radical (unpaired) electrons. The Morgan fingerprint density at radius 2 is 0.690 bits per heavy atom. The lowest BCUT2D eigenvalue weighted by Crippen LogP contribution is -2.60. The van der Waals surface area contributed by atoms with Gasteiger partial charge < -0.3 is 49.6 Å². The lowest BCUT2D eigenvalue weighted by molar-refractivity contribution is -0.906. The Labute approximate surface area is 343 Å². The third-order valence-electron chi connectivity index (χ3n) is 10.0. The first kappa shape index (κ1) is 59.6. The summed E-state index contributed by atoms with van der Waals surface area (Å²) in [4.78, 5) is 43.4. The van der Waals surface area contributed by atoms with Crippen LogP contribution in [0.3, 0.4) is 0 Å². The number of carboxylic acids is 2. The molecule has 0 saturated carbocycles. The van der Waals surface area contributed by atoms with Crippen LogP contribution in [0.2, 0.25) is 0 Å². The van der Waals surface area contributed by atoms with Crippen LogP contribution in [0.5, 0.6) is 0 Å². The normalized spacial score (nSPS) is 13.0. The van der Waals surface area contributed by atoms with Gasteiger partial charge in [-0.3, -0.25) is 9.59 Å². The fraction of sp³-hybridized carbons (Fsp3) is 0.900. The smallest absolute Gasteiger partial charge is 0.430 e. The van der Waals surface area contributed by atoms with E-state index in [0.717, 1.165) is 38.8 Å². The molecular formula is C40H76F6N4O8. The van der Waals surface area contributed by atoms with Crippen LogP contribution in [-0.2, 0) is 19.2 Å². The maximum Gasteiger partial charge on any atom is 0.430 e. The number of likely N-dealkylation sites (N-methyl/N-ethyl adjacent to an activating group) is 2. The van der Waals surface area contributed by atoms with Gasteiger partial charge in [0.15, 0.2) is 12.1 Å². The van der Waals surface area contributed by atoms with Crippen molar-refractivity contribution in [2.24, 2.45) is 0 Å². The Morgan fingerprint density at radius 1 is 0.483 bits per heavy atom. The van der Waals surface area contributed by atoms with Crippen LogP contribution in [0.4, 0.5) is 26.3 Å². The number of nitrogens with one attached hydrogen (secondary N) is 2. The lowest BCUT2D eigenvalue weighted by atomic mass is 10.1. The highest BCUT2D eigenvalue weighted by Gasteiger charge is 2.35. The summed E-state index contributed by atoms with van der Waals surface area (Å²) >= 11 is 0. The van der Waals surface area contributed by atoms with Crippen molar-refractivity contribution in [3.63, 3.8) is 0 Å². The second-order valence-electron chi connectivity index (χ2n) is 15.9. The van der Waals surface area contributed by atoms with Gasteiger partial charge in [-0.1, -0.05) is 117 Å². The lowest BCUT2D eigenvalue weighted by Gasteiger charge is -2.36. The zero-order chi connectivity index (χ0) is 45.3. The fourth-order valence-corrected chi connectivity index (χ4v) is 6.17. The number of alkyl halides is 6. The number of amides is 2. The number of carbonyl (C=O) groups is 4. The van der Waals surface area contributed by atoms with Crippen molar-refractivity contribution >= 4 is 23.8 Å². The first-order valence-corrected chi connectivity index (χ1v) is 20.9. The number of nitrogens with zero attached hydrogens (tertiary/aromatic N) is 2. The van der Waals surface area contributed by atoms with Crippen LogP contribution in [0, 0.1) is 0 Å². The zero-order valence-corrected chi connectivity index (χ0v) is 36.0. The first-order chi connectivity index (χ1) is 27.0. The molecule has 0 heterocycles. The first-order valence-electron chi connectivity index (χ1n) is 20.9. The maximum atomic E-state index is 12.9. The average Bonchev–Trinajstić information content (AvgIpc) is 3.11. The molecule has 0 aliphatic heterocycles. The summed E-state index contributed by atoms with van der Waals surface area (Å²) in [6.45, 7) is 6.36. The predicted octanol–water partition coefficient (Wildman–Crippen LogP) is 4.53. The zero-order valence-electron chi connectivity index (χ0n) is 36.0. The van der Waals surface area contributed by atoms with Gasteiger partial charge in [0.1, 0.15) is 25.2 Å². The van der Waals surface area contributed by atoms with E-state index >= 15 is 0 Å². The maximum absolute atomic E-state index is 12.9. The second-order valence-corrected chi connectivity index (χ2v) is 15.9. The van der Waals surface area contributed by atoms with Gasteiger partial charge in [0.05, 0.1) is 41.3 Å². The average molecular weight is 855 g/mol. The Balaban J connectivity index is -0.00000182. The van der Waals surface area contributed by atoms with Gasteiger partial charge in [-0.15, -0.1) is 0 Å². The van der Waals surface area contributed by atoms with Crippen LogP contribution in [0.25, 0.3) is 0 Å². The van der Waals surface area contributed by atoms with E-state index in [1.807, 2.05) is 28.2 Å². The molecule has 0 unspecified atom stereocenters. The Kier molecular flexibility index (Phi) is 35.0. The molecule has 4 N–H and O–H groups in total. The van der Waals surface area contributed by atoms with Crippen molar-refractivity contribution in [2.75, 3.05) is 67.6 Å². The van der Waals surface area contributed by atoms with E-state index in [-0.39, 0.29) is 25.0 Å². The topological polar surface area (TPSA) is 179 Å². The number of quaternary nitrogens is 2. The highest BCUT2D eigenvalue weighted by Crippen LogP contribution is 2.16. The number of carbonyl (C=O) groups excluding carboxylic acids is 4. The summed E-state index contributed by atoms with van der Waals surface area (Å²) in [5.74, 6) is -6.38. The molecule has 0 aromatic carbocycles. The molecule has 0 aromatic rings. The molecule has 2 amide bonds. The Bertz CT molecular complexity index is 997. The van der Waals surface area contributed by atoms with E-state index < -0.39 is 36.4 Å². The van der Waals surface area contributed by atoms with Crippen molar-refractivity contribution in [1.29, 1.82) is 0 Å². The van der Waals surface area contributed by atoms with Gasteiger partial charge in [0.25, 0.3) is 11.8 Å². The Hall–Kier alpha value is -2.70. The predicted molar refractivity (Wildman–Crippen MR) is 208 cm³/mol. The van der Waals surface area contributed by atoms with Gasteiger partial charge in [-0.05, 0) is 25.7 Å². The quantitative estimate of drug-likeness (QED) is 0.0447. The molecule has 0 saturated heterocycles. The van der Waals surface area contributed by atoms with E-state index in [9.17, 15) is 46.1 Å². The number of hydrogen-bond acceptors (Lipinski definition) is 8. The minimum atomic E-state index is -5.19. The van der Waals surface area contributed by atoms with Crippen LogP contribution in [0.1, 0.15) is 142 Å². The minimum Gasteiger partial charge on any atom is -0.542 e. The molecule has 0 aliphatic carbocycles. The van der Waals surface area contributed by atoms with E-state index in [1.54, 1.807) is 0 Å². The summed E-state index contributed by atoms with van der Waals surface area (Å²) in [6, 6.07) is -1.07. The van der Waals surface area contributed by atoms with Crippen LogP contribution in [0.15, 0.2) is 0 Å². The number of aliphatic hydroxyl groups is 2. The van der Waals surface area contributed by atoms with Gasteiger partial charge in [0, 0.05) is 13.1 Å². The minimum absolute atomic E-state index is 0.186. The fourth-order valence-electron chi connectivity index (χ4n) is 6.17. The summed E-state index contributed by atoms with van der Waals surface area (Å²) in [6.07, 6.45) is 15.0. The number of aliphatic hydroxyl groups excluding tert-OH is 2. The number of halogens is 6. The van der Waals surface area contributed by atoms with Crippen LogP contribution >= 0.6 is 0 Å². The van der Waals surface area contributed by atoms with E-state index in [4.69, 9.17) is 19.8 Å². The van der Waals surface area contributed by atoms with Gasteiger partial charge in [-0.25, -0.2) is 0 Å². The SMILES string of the molecule is CCCCCCCCCCCC[N+](C)(C)[C@@H](CO)C(=O)NCCNC(=O)[C@H](CO)[N+](C)(C)CCCCCCCCCCCC.O=C([O-])C(F)(F)F.O=C([O-])C(F)(F)F. The molecule has 58 heavy (non-hydrogen) atoms. The molecule has 0 fully saturated rings. The summed E-state index contributed by atoms with van der Waals surface area (Å²) in [5, 5.41) is 43.4. The summed E-state index contributed by atoms with van der Waals surface area (Å²) in [5.41, 5.74) is 0. The molecule has 0 bridgehead atoms. The molecular weight excluding hydrogens is 778 g/mol. The third-order valence-corrected chi connectivity index (χ3v) is 10.0. The highest BCUT2D eigenvalue weighted by atomic mass is 19.4. The number of aliphatic carboxylic acids is 2. The van der Waals surface area contributed by atoms with E-state index in [2.05, 4.69) is 24.5 Å². The molecule has 12 nitrogen and oxygen atoms in total. The van der Waals surface area contributed by atoms with E-state index in [0.29, 0.717) is 22.1 Å². The van der Waals surface area contributed by atoms with Crippen molar-refractivity contribution in [2.45, 2.75) is 167 Å². The number of hydrogen-bond donors (Lipinski definition) is 4. The standard InChI is InChI=1S/C36H74N4O4.2C2HF3O2/c1-7-9-11-13-15-17-19-21-23-25-29-39(3,4)33(31-41)35(43)37-27-28-38-36(44)34(32-42)40(5,6)30-26-24-22-20-18-16-14-12-10-8-2;2*3-2(4,5)1(6)7/h33-34,41-42H,7-32H2,1-6H3;2*(H,6,7)/t33-,34-;;/m0../s1. The van der Waals surface area contributed by atoms with Gasteiger partial charge >= 0.3 is 12.4 Å². The van der Waals surface area contributed by atoms with Crippen LogP contribution in [-0.4, -0.2) is 135 Å². The van der Waals surface area contributed by atoms with Crippen molar-refractivity contribution in [3.05, 3.63) is 0 Å². The monoisotopic (exact) mass is 855 g/mol. The third kappa shape index (κ3) is 33.2. The van der Waals surface area contributed by atoms with E-state index in [1.165, 1.54) is 103 Å². The highest BCUT2D eigenvalue weighted by molar-refractivity contribution is 5.82. The molecule has 0 aliphatic rings. The largest absolute Gasteiger partial charge is 0.542 e. The molecule has 2 atom stereocenters. The summed E-state index contributed by atoms with van der Waals surface area (Å²) in [7, 11) is 8.04. The summed E-state index contributed by atoms with van der Waals surface area (Å²) < 4.78 is 64.0. The van der Waals surface area contributed by atoms with Crippen molar-refractivity contribution < 1.29 is 74.9 Å². The van der Waals surface area contributed by atoms with Gasteiger partial charge in [-0.2, -0.15) is 26.3 Å². The second kappa shape index (κ2) is 34.1. The molecule has 0 spiro atoms. The molecule has 0 rings (SSSR count). The number of rotatable bonds is 31. The van der Waals surface area contributed by atoms with Gasteiger partial charge in [0.2, 0.25) is 0 Å². The molecule has 346 valence electrons. The molecule has 0 aromatic heterocycles.